The second kappa shape index (κ2) is 7.66. The fraction of sp³-hybridized carbons (Fsp3) is 0.812. The largest absolute Gasteiger partial charge is 0.393 e. The van der Waals surface area contributed by atoms with Crippen LogP contribution in [0.3, 0.4) is 0 Å². The van der Waals surface area contributed by atoms with Crippen molar-refractivity contribution in [3.05, 3.63) is 0 Å². The number of carbonyl (C=O) groups excluding carboxylic acids is 1. The number of piperidine rings is 1. The molecule has 1 heterocycles. The van der Waals surface area contributed by atoms with Gasteiger partial charge in [0.2, 0.25) is 5.91 Å². The molecule has 112 valence electrons. The van der Waals surface area contributed by atoms with Crippen molar-refractivity contribution < 1.29 is 9.90 Å². The van der Waals surface area contributed by atoms with Crippen LogP contribution in [0.4, 0.5) is 0 Å². The van der Waals surface area contributed by atoms with E-state index in [1.165, 1.54) is 12.8 Å². The lowest BCUT2D eigenvalue weighted by Gasteiger charge is -2.43. The SMILES string of the molecule is C#CCNC(=O)CN1CCCCC1C1CCCCC1O. The Morgan fingerprint density at radius 2 is 2.00 bits per heavy atom. The second-order valence-corrected chi connectivity index (χ2v) is 6.03. The summed E-state index contributed by atoms with van der Waals surface area (Å²) in [6.07, 6.45) is 12.8. The van der Waals surface area contributed by atoms with Gasteiger partial charge in [0, 0.05) is 12.0 Å². The first-order valence-electron chi connectivity index (χ1n) is 7.84. The molecule has 2 N–H and O–H groups in total. The van der Waals surface area contributed by atoms with E-state index < -0.39 is 0 Å². The zero-order chi connectivity index (χ0) is 14.4. The summed E-state index contributed by atoms with van der Waals surface area (Å²) in [7, 11) is 0. The van der Waals surface area contributed by atoms with Crippen LogP contribution >= 0.6 is 0 Å². The third-order valence-corrected chi connectivity index (χ3v) is 4.67. The average molecular weight is 278 g/mol. The lowest BCUT2D eigenvalue weighted by molar-refractivity contribution is -0.124. The van der Waals surface area contributed by atoms with Crippen LogP contribution < -0.4 is 5.32 Å². The summed E-state index contributed by atoms with van der Waals surface area (Å²) in [5.41, 5.74) is 0. The number of aliphatic hydroxyl groups is 1. The number of amides is 1. The van der Waals surface area contributed by atoms with Crippen molar-refractivity contribution in [3.8, 4) is 12.3 Å². The van der Waals surface area contributed by atoms with Crippen molar-refractivity contribution >= 4 is 5.91 Å². The molecule has 3 unspecified atom stereocenters. The summed E-state index contributed by atoms with van der Waals surface area (Å²) in [6, 6.07) is 0.357. The van der Waals surface area contributed by atoms with Gasteiger partial charge >= 0.3 is 0 Å². The predicted molar refractivity (Wildman–Crippen MR) is 79.0 cm³/mol. The maximum Gasteiger partial charge on any atom is 0.234 e. The van der Waals surface area contributed by atoms with Gasteiger partial charge in [0.25, 0.3) is 0 Å². The van der Waals surface area contributed by atoms with E-state index in [1.54, 1.807) is 0 Å². The molecule has 0 bridgehead atoms. The molecular weight excluding hydrogens is 252 g/mol. The minimum absolute atomic E-state index is 0.000138. The number of nitrogens with one attached hydrogen (secondary N) is 1. The smallest absolute Gasteiger partial charge is 0.234 e. The molecule has 2 rings (SSSR count). The van der Waals surface area contributed by atoms with E-state index in [0.717, 1.165) is 38.6 Å². The monoisotopic (exact) mass is 278 g/mol. The third-order valence-electron chi connectivity index (χ3n) is 4.67. The molecular formula is C16H26N2O2. The molecule has 1 amide bonds. The molecule has 4 heteroatoms. The van der Waals surface area contributed by atoms with E-state index in [-0.39, 0.29) is 12.0 Å². The Kier molecular flexibility index (Phi) is 5.87. The molecule has 0 aromatic rings. The van der Waals surface area contributed by atoms with E-state index in [2.05, 4.69) is 16.1 Å². The Bertz CT molecular complexity index is 364. The third kappa shape index (κ3) is 3.97. The van der Waals surface area contributed by atoms with Gasteiger partial charge in [0.1, 0.15) is 0 Å². The quantitative estimate of drug-likeness (QED) is 0.758. The topological polar surface area (TPSA) is 52.6 Å². The van der Waals surface area contributed by atoms with Crippen LogP contribution in [0.5, 0.6) is 0 Å². The minimum Gasteiger partial charge on any atom is -0.393 e. The summed E-state index contributed by atoms with van der Waals surface area (Å²) < 4.78 is 0. The van der Waals surface area contributed by atoms with Gasteiger partial charge in [-0.3, -0.25) is 9.69 Å². The first-order chi connectivity index (χ1) is 9.72. The highest BCUT2D eigenvalue weighted by molar-refractivity contribution is 5.78. The summed E-state index contributed by atoms with van der Waals surface area (Å²) in [5, 5.41) is 13.0. The minimum atomic E-state index is -0.192. The normalized spacial score (nSPS) is 31.5. The van der Waals surface area contributed by atoms with Crippen LogP contribution in [-0.4, -0.2) is 47.7 Å². The van der Waals surface area contributed by atoms with E-state index >= 15 is 0 Å². The number of aliphatic hydroxyl groups excluding tert-OH is 1. The summed E-state index contributed by atoms with van der Waals surface area (Å²) in [4.78, 5) is 14.1. The number of rotatable bonds is 4. The van der Waals surface area contributed by atoms with Gasteiger partial charge in [-0.1, -0.05) is 25.2 Å². The lowest BCUT2D eigenvalue weighted by Crippen LogP contribution is -2.51. The number of likely N-dealkylation sites (tertiary alicyclic amines) is 1. The number of hydrogen-bond donors (Lipinski definition) is 2. The molecule has 3 atom stereocenters. The number of carbonyl (C=O) groups is 1. The second-order valence-electron chi connectivity index (χ2n) is 6.03. The fourth-order valence-electron chi connectivity index (χ4n) is 3.68. The molecule has 0 aromatic heterocycles. The molecule has 0 aromatic carbocycles. The predicted octanol–water partition coefficient (Wildman–Crippen LogP) is 1.14. The van der Waals surface area contributed by atoms with Gasteiger partial charge in [-0.25, -0.2) is 0 Å². The number of nitrogens with zero attached hydrogens (tertiary/aromatic N) is 1. The van der Waals surface area contributed by atoms with Gasteiger partial charge in [-0.05, 0) is 32.2 Å². The highest BCUT2D eigenvalue weighted by Crippen LogP contribution is 2.33. The number of terminal acetylenes is 1. The van der Waals surface area contributed by atoms with Gasteiger partial charge in [-0.15, -0.1) is 6.42 Å². The Balaban J connectivity index is 1.94. The molecule has 1 saturated heterocycles. The highest BCUT2D eigenvalue weighted by Gasteiger charge is 2.35. The van der Waals surface area contributed by atoms with Crippen LogP contribution in [0, 0.1) is 18.3 Å². The van der Waals surface area contributed by atoms with E-state index in [1.807, 2.05) is 0 Å². The van der Waals surface area contributed by atoms with Crippen molar-refractivity contribution in [3.63, 3.8) is 0 Å². The average Bonchev–Trinajstić information content (AvgIpc) is 2.46. The Labute approximate surface area is 121 Å². The Morgan fingerprint density at radius 3 is 2.75 bits per heavy atom. The van der Waals surface area contributed by atoms with Gasteiger partial charge < -0.3 is 10.4 Å². The van der Waals surface area contributed by atoms with Crippen LogP contribution in [0.1, 0.15) is 44.9 Å². The molecule has 20 heavy (non-hydrogen) atoms. The standard InChI is InChI=1S/C16H26N2O2/c1-2-10-17-16(20)12-18-11-6-5-8-14(18)13-7-3-4-9-15(13)19/h1,13-15,19H,3-12H2,(H,17,20). The molecule has 1 saturated carbocycles. The zero-order valence-corrected chi connectivity index (χ0v) is 12.2. The van der Waals surface area contributed by atoms with Crippen molar-refractivity contribution in [1.82, 2.24) is 10.2 Å². The van der Waals surface area contributed by atoms with Gasteiger partial charge in [0.15, 0.2) is 0 Å². The summed E-state index contributed by atoms with van der Waals surface area (Å²) in [5.74, 6) is 2.76. The fourth-order valence-corrected chi connectivity index (χ4v) is 3.68. The van der Waals surface area contributed by atoms with E-state index in [0.29, 0.717) is 25.0 Å². The van der Waals surface area contributed by atoms with Crippen molar-refractivity contribution in [2.24, 2.45) is 5.92 Å². The summed E-state index contributed by atoms with van der Waals surface area (Å²) >= 11 is 0. The highest BCUT2D eigenvalue weighted by atomic mass is 16.3. The first-order valence-corrected chi connectivity index (χ1v) is 7.84. The summed E-state index contributed by atoms with van der Waals surface area (Å²) in [6.45, 7) is 1.66. The molecule has 2 fully saturated rings. The molecule has 0 spiro atoms. The zero-order valence-electron chi connectivity index (χ0n) is 12.2. The maximum absolute atomic E-state index is 11.9. The maximum atomic E-state index is 11.9. The Morgan fingerprint density at radius 1 is 1.25 bits per heavy atom. The lowest BCUT2D eigenvalue weighted by atomic mass is 9.78. The van der Waals surface area contributed by atoms with E-state index in [9.17, 15) is 9.90 Å². The molecule has 1 aliphatic heterocycles. The van der Waals surface area contributed by atoms with Crippen LogP contribution in [0.2, 0.25) is 0 Å². The van der Waals surface area contributed by atoms with Crippen molar-refractivity contribution in [1.29, 1.82) is 0 Å². The van der Waals surface area contributed by atoms with Crippen LogP contribution in [-0.2, 0) is 4.79 Å². The van der Waals surface area contributed by atoms with E-state index in [4.69, 9.17) is 6.42 Å². The number of hydrogen-bond acceptors (Lipinski definition) is 3. The van der Waals surface area contributed by atoms with Gasteiger partial charge in [-0.2, -0.15) is 0 Å². The molecule has 2 aliphatic rings. The van der Waals surface area contributed by atoms with Gasteiger partial charge in [0.05, 0.1) is 19.2 Å². The molecule has 1 aliphatic carbocycles. The van der Waals surface area contributed by atoms with Crippen LogP contribution in [0.25, 0.3) is 0 Å². The Hall–Kier alpha value is -1.05. The van der Waals surface area contributed by atoms with Crippen molar-refractivity contribution in [2.45, 2.75) is 57.1 Å². The van der Waals surface area contributed by atoms with Crippen LogP contribution in [0.15, 0.2) is 0 Å². The molecule has 4 nitrogen and oxygen atoms in total. The molecule has 0 radical (unpaired) electrons. The first kappa shape index (κ1) is 15.3. The van der Waals surface area contributed by atoms with Crippen molar-refractivity contribution in [2.75, 3.05) is 19.6 Å².